The van der Waals surface area contributed by atoms with E-state index in [9.17, 15) is 22.8 Å². The Morgan fingerprint density at radius 1 is 0.944 bits per heavy atom. The second kappa shape index (κ2) is 11.0. The molecule has 4 rings (SSSR count). The maximum absolute atomic E-state index is 14.0. The standard InChI is InChI=1S/C27H33F3N4O2/c1-18-22(15-23(28)26(30)25(18)29)27(36)33-13-10-20(11-14-33)34(19-7-5-4-6-8-19)24(35)17-32-12-9-21(16-32)31(2)3/h4-8,15,20-21H,9-14,16-17H2,1-3H3. The zero-order valence-electron chi connectivity index (χ0n) is 21.0. The van der Waals surface area contributed by atoms with E-state index in [0.717, 1.165) is 31.3 Å². The minimum absolute atomic E-state index is 0.0175. The van der Waals surface area contributed by atoms with Gasteiger partial charge in [-0.2, -0.15) is 0 Å². The lowest BCUT2D eigenvalue weighted by molar-refractivity contribution is -0.120. The highest BCUT2D eigenvalue weighted by molar-refractivity contribution is 5.97. The van der Waals surface area contributed by atoms with E-state index in [2.05, 4.69) is 23.9 Å². The summed E-state index contributed by atoms with van der Waals surface area (Å²) in [5, 5.41) is 0. The molecule has 194 valence electrons. The van der Waals surface area contributed by atoms with Crippen LogP contribution >= 0.6 is 0 Å². The molecule has 0 saturated carbocycles. The van der Waals surface area contributed by atoms with Crippen LogP contribution < -0.4 is 4.90 Å². The molecule has 1 atom stereocenters. The van der Waals surface area contributed by atoms with Crippen molar-refractivity contribution in [1.29, 1.82) is 0 Å². The summed E-state index contributed by atoms with van der Waals surface area (Å²) in [7, 11) is 4.11. The van der Waals surface area contributed by atoms with Crippen molar-refractivity contribution in [3.63, 3.8) is 0 Å². The maximum Gasteiger partial charge on any atom is 0.254 e. The average Bonchev–Trinajstić information content (AvgIpc) is 3.34. The minimum atomic E-state index is -1.57. The Balaban J connectivity index is 1.46. The molecule has 2 fully saturated rings. The fourth-order valence-electron chi connectivity index (χ4n) is 5.20. The lowest BCUT2D eigenvalue weighted by Gasteiger charge is -2.39. The number of piperidine rings is 1. The largest absolute Gasteiger partial charge is 0.338 e. The van der Waals surface area contributed by atoms with Gasteiger partial charge in [0.2, 0.25) is 5.91 Å². The summed E-state index contributed by atoms with van der Waals surface area (Å²) in [6.07, 6.45) is 2.08. The van der Waals surface area contributed by atoms with E-state index in [1.54, 1.807) is 0 Å². The number of amides is 2. The lowest BCUT2D eigenvalue weighted by atomic mass is 9.99. The van der Waals surface area contributed by atoms with Gasteiger partial charge in [0, 0.05) is 55.1 Å². The number of carbonyl (C=O) groups is 2. The summed E-state index contributed by atoms with van der Waals surface area (Å²) in [5.41, 5.74) is 0.434. The van der Waals surface area contributed by atoms with Crippen LogP contribution in [0.25, 0.3) is 0 Å². The molecule has 0 aromatic heterocycles. The Morgan fingerprint density at radius 2 is 1.58 bits per heavy atom. The molecule has 2 aromatic carbocycles. The van der Waals surface area contributed by atoms with Crippen molar-refractivity contribution in [2.75, 3.05) is 51.7 Å². The second-order valence-electron chi connectivity index (χ2n) is 9.92. The lowest BCUT2D eigenvalue weighted by Crippen LogP contribution is -2.51. The molecule has 2 aliphatic heterocycles. The Morgan fingerprint density at radius 3 is 2.19 bits per heavy atom. The number of likely N-dealkylation sites (N-methyl/N-ethyl adjacent to an activating group) is 1. The number of hydrogen-bond donors (Lipinski definition) is 0. The van der Waals surface area contributed by atoms with E-state index in [1.165, 1.54) is 11.8 Å². The molecule has 9 heteroatoms. The molecule has 0 radical (unpaired) electrons. The van der Waals surface area contributed by atoms with Gasteiger partial charge < -0.3 is 14.7 Å². The molecular weight excluding hydrogens is 469 g/mol. The van der Waals surface area contributed by atoms with Crippen molar-refractivity contribution in [3.8, 4) is 0 Å². The highest BCUT2D eigenvalue weighted by Gasteiger charge is 2.34. The van der Waals surface area contributed by atoms with E-state index < -0.39 is 23.4 Å². The summed E-state index contributed by atoms with van der Waals surface area (Å²) in [6, 6.07) is 10.6. The van der Waals surface area contributed by atoms with Crippen LogP contribution in [0.3, 0.4) is 0 Å². The molecule has 0 aliphatic carbocycles. The van der Waals surface area contributed by atoms with Crippen molar-refractivity contribution in [2.45, 2.75) is 38.3 Å². The second-order valence-corrected chi connectivity index (χ2v) is 9.92. The van der Waals surface area contributed by atoms with Crippen molar-refractivity contribution < 1.29 is 22.8 Å². The first-order chi connectivity index (χ1) is 17.2. The molecule has 0 spiro atoms. The van der Waals surface area contributed by atoms with Gasteiger partial charge in [0.25, 0.3) is 5.91 Å². The zero-order valence-corrected chi connectivity index (χ0v) is 21.0. The third kappa shape index (κ3) is 5.42. The number of nitrogens with zero attached hydrogens (tertiary/aromatic N) is 4. The van der Waals surface area contributed by atoms with Crippen molar-refractivity contribution in [1.82, 2.24) is 14.7 Å². The number of likely N-dealkylation sites (tertiary alicyclic amines) is 2. The zero-order chi connectivity index (χ0) is 26.0. The number of benzene rings is 2. The van der Waals surface area contributed by atoms with Crippen LogP contribution in [0.2, 0.25) is 0 Å². The van der Waals surface area contributed by atoms with Crippen LogP contribution in [0.15, 0.2) is 36.4 Å². The van der Waals surface area contributed by atoms with Gasteiger partial charge in [0.05, 0.1) is 6.54 Å². The van der Waals surface area contributed by atoms with Gasteiger partial charge >= 0.3 is 0 Å². The van der Waals surface area contributed by atoms with Crippen LogP contribution in [0.1, 0.15) is 35.2 Å². The summed E-state index contributed by atoms with van der Waals surface area (Å²) in [6.45, 7) is 3.96. The number of rotatable bonds is 6. The van der Waals surface area contributed by atoms with Crippen LogP contribution in [0.5, 0.6) is 0 Å². The first-order valence-corrected chi connectivity index (χ1v) is 12.4. The van der Waals surface area contributed by atoms with Crippen molar-refractivity contribution in [2.24, 2.45) is 0 Å². The van der Waals surface area contributed by atoms with Crippen LogP contribution in [-0.2, 0) is 4.79 Å². The number of carbonyl (C=O) groups excluding carboxylic acids is 2. The highest BCUT2D eigenvalue weighted by atomic mass is 19.2. The SMILES string of the molecule is Cc1c(C(=O)N2CCC(N(C(=O)CN3CCC(N(C)C)C3)c3ccccc3)CC2)cc(F)c(F)c1F. The topological polar surface area (TPSA) is 47.1 Å². The predicted molar refractivity (Wildman–Crippen MR) is 132 cm³/mol. The molecule has 0 bridgehead atoms. The number of para-hydroxylation sites is 1. The molecule has 6 nitrogen and oxygen atoms in total. The van der Waals surface area contributed by atoms with E-state index in [-0.39, 0.29) is 23.1 Å². The fourth-order valence-corrected chi connectivity index (χ4v) is 5.20. The molecule has 1 unspecified atom stereocenters. The molecule has 2 amide bonds. The van der Waals surface area contributed by atoms with Crippen molar-refractivity contribution in [3.05, 3.63) is 65.0 Å². The molecule has 2 aliphatic rings. The minimum Gasteiger partial charge on any atom is -0.338 e. The monoisotopic (exact) mass is 502 g/mol. The van der Waals surface area contributed by atoms with E-state index in [4.69, 9.17) is 0 Å². The summed E-state index contributed by atoms with van der Waals surface area (Å²) < 4.78 is 41.4. The molecule has 2 aromatic rings. The predicted octanol–water partition coefficient (Wildman–Crippen LogP) is 3.69. The fraction of sp³-hybridized carbons (Fsp3) is 0.481. The Hall–Kier alpha value is -2.91. The third-order valence-electron chi connectivity index (χ3n) is 7.39. The quantitative estimate of drug-likeness (QED) is 0.566. The smallest absolute Gasteiger partial charge is 0.254 e. The Labute approximate surface area is 210 Å². The van der Waals surface area contributed by atoms with E-state index in [0.29, 0.717) is 38.5 Å². The van der Waals surface area contributed by atoms with Crippen molar-refractivity contribution >= 4 is 17.5 Å². The van der Waals surface area contributed by atoms with Gasteiger partial charge in [-0.3, -0.25) is 14.5 Å². The van der Waals surface area contributed by atoms with Crippen LogP contribution in [0, 0.1) is 24.4 Å². The van der Waals surface area contributed by atoms with E-state index in [1.807, 2.05) is 35.2 Å². The van der Waals surface area contributed by atoms with Crippen LogP contribution in [0.4, 0.5) is 18.9 Å². The third-order valence-corrected chi connectivity index (χ3v) is 7.39. The summed E-state index contributed by atoms with van der Waals surface area (Å²) in [4.78, 5) is 34.3. The molecule has 0 N–H and O–H groups in total. The van der Waals surface area contributed by atoms with Gasteiger partial charge in [-0.25, -0.2) is 13.2 Å². The molecule has 2 saturated heterocycles. The van der Waals surface area contributed by atoms with Crippen LogP contribution in [-0.4, -0.2) is 85.4 Å². The highest BCUT2D eigenvalue weighted by Crippen LogP contribution is 2.27. The van der Waals surface area contributed by atoms with Gasteiger partial charge in [0.1, 0.15) is 0 Å². The summed E-state index contributed by atoms with van der Waals surface area (Å²) >= 11 is 0. The average molecular weight is 503 g/mol. The Bertz CT molecular complexity index is 1100. The summed E-state index contributed by atoms with van der Waals surface area (Å²) in [5.74, 6) is -4.81. The van der Waals surface area contributed by atoms with Gasteiger partial charge in [-0.05, 0) is 58.5 Å². The molecule has 36 heavy (non-hydrogen) atoms. The van der Waals surface area contributed by atoms with Gasteiger partial charge in [-0.15, -0.1) is 0 Å². The first kappa shape index (κ1) is 26.2. The normalized spacial score (nSPS) is 19.2. The number of halogens is 3. The maximum atomic E-state index is 14.0. The van der Waals surface area contributed by atoms with E-state index >= 15 is 0 Å². The molecular formula is C27H33F3N4O2. The van der Waals surface area contributed by atoms with Gasteiger partial charge in [0.15, 0.2) is 17.5 Å². The molecule has 2 heterocycles. The Kier molecular flexibility index (Phi) is 8.00. The van der Waals surface area contributed by atoms with Gasteiger partial charge in [-0.1, -0.05) is 18.2 Å². The number of anilines is 1. The number of hydrogen-bond acceptors (Lipinski definition) is 4. The first-order valence-electron chi connectivity index (χ1n) is 12.4.